The number of hydrogen-bond donors (Lipinski definition) is 0. The fourth-order valence-electron chi connectivity index (χ4n) is 2.03. The van der Waals surface area contributed by atoms with Gasteiger partial charge in [0.1, 0.15) is 5.84 Å². The molecule has 0 spiro atoms. The van der Waals surface area contributed by atoms with Gasteiger partial charge in [-0.1, -0.05) is 0 Å². The van der Waals surface area contributed by atoms with Crippen LogP contribution < -0.4 is 5.01 Å². The highest BCUT2D eigenvalue weighted by molar-refractivity contribution is 5.92. The minimum absolute atomic E-state index is 0.0573. The van der Waals surface area contributed by atoms with Crippen molar-refractivity contribution in [3.05, 3.63) is 29.3 Å². The van der Waals surface area contributed by atoms with E-state index in [-0.39, 0.29) is 30.6 Å². The van der Waals surface area contributed by atoms with E-state index in [1.807, 2.05) is 0 Å². The highest BCUT2D eigenvalue weighted by Gasteiger charge is 2.37. The number of hydrazone groups is 1. The van der Waals surface area contributed by atoms with Crippen molar-refractivity contribution < 1.29 is 31.1 Å². The number of alkyl halides is 6. The Labute approximate surface area is 127 Å². The first-order valence-corrected chi connectivity index (χ1v) is 6.35. The van der Waals surface area contributed by atoms with Gasteiger partial charge < -0.3 is 4.90 Å². The zero-order valence-corrected chi connectivity index (χ0v) is 11.7. The van der Waals surface area contributed by atoms with Gasteiger partial charge in [-0.05, 0) is 18.2 Å². The summed E-state index contributed by atoms with van der Waals surface area (Å²) in [6, 6.07) is 1.26. The van der Waals surface area contributed by atoms with E-state index in [1.54, 1.807) is 0 Å². The first-order chi connectivity index (χ1) is 10.5. The molecule has 10 heteroatoms. The zero-order valence-electron chi connectivity index (χ0n) is 11.7. The molecule has 23 heavy (non-hydrogen) atoms. The number of amides is 1. The van der Waals surface area contributed by atoms with Gasteiger partial charge in [-0.2, -0.15) is 31.4 Å². The number of carbonyl (C=O) groups excluding carboxylic acids is 1. The average molecular weight is 339 g/mol. The highest BCUT2D eigenvalue weighted by Crippen LogP contribution is 2.38. The summed E-state index contributed by atoms with van der Waals surface area (Å²) in [7, 11) is 1.39. The lowest BCUT2D eigenvalue weighted by Crippen LogP contribution is -2.23. The summed E-state index contributed by atoms with van der Waals surface area (Å²) in [5.41, 5.74) is -3.15. The molecular weight excluding hydrogens is 328 g/mol. The lowest BCUT2D eigenvalue weighted by Gasteiger charge is -2.18. The number of halogens is 6. The first kappa shape index (κ1) is 17.1. The summed E-state index contributed by atoms with van der Waals surface area (Å²) in [4.78, 5) is 11.7. The minimum Gasteiger partial charge on any atom is -0.305 e. The third kappa shape index (κ3) is 3.74. The Morgan fingerprint density at radius 2 is 1.61 bits per heavy atom. The molecule has 1 aliphatic rings. The van der Waals surface area contributed by atoms with E-state index in [9.17, 15) is 31.1 Å². The Kier molecular flexibility index (Phi) is 4.27. The summed E-state index contributed by atoms with van der Waals surface area (Å²) in [5.74, 6) is 0.256. The number of nitrogens with zero attached hydrogens (tertiary/aromatic N) is 3. The lowest BCUT2D eigenvalue weighted by molar-refractivity contribution is -0.143. The number of amidine groups is 1. The van der Waals surface area contributed by atoms with Crippen LogP contribution in [0.15, 0.2) is 23.3 Å². The second-order valence-corrected chi connectivity index (χ2v) is 4.87. The summed E-state index contributed by atoms with van der Waals surface area (Å²) in [5, 5.41) is 4.90. The van der Waals surface area contributed by atoms with E-state index in [4.69, 9.17) is 0 Å². The Balaban J connectivity index is 2.47. The molecule has 0 N–H and O–H groups in total. The molecule has 0 atom stereocenters. The van der Waals surface area contributed by atoms with Crippen LogP contribution in [0.5, 0.6) is 0 Å². The highest BCUT2D eigenvalue weighted by atomic mass is 19.4. The molecule has 1 aromatic rings. The second-order valence-electron chi connectivity index (χ2n) is 4.87. The SMILES string of the molecule is CN(C=O)C1=NN(c2cc(C(F)(F)F)cc(C(F)(F)F)c2)CC1. The molecule has 0 unspecified atom stereocenters. The van der Waals surface area contributed by atoms with Gasteiger partial charge in [0.2, 0.25) is 6.41 Å². The molecule has 1 heterocycles. The van der Waals surface area contributed by atoms with Gasteiger partial charge >= 0.3 is 12.4 Å². The van der Waals surface area contributed by atoms with Crippen LogP contribution in [-0.2, 0) is 17.1 Å². The molecular formula is C13H11F6N3O. The predicted molar refractivity (Wildman–Crippen MR) is 69.7 cm³/mol. The molecule has 0 bridgehead atoms. The Hall–Kier alpha value is -2.26. The largest absolute Gasteiger partial charge is 0.416 e. The third-order valence-corrected chi connectivity index (χ3v) is 3.22. The van der Waals surface area contributed by atoms with E-state index >= 15 is 0 Å². The molecule has 0 saturated heterocycles. The van der Waals surface area contributed by atoms with E-state index < -0.39 is 23.5 Å². The molecule has 0 saturated carbocycles. The van der Waals surface area contributed by atoms with Crippen LogP contribution in [0.1, 0.15) is 17.5 Å². The molecule has 0 fully saturated rings. The van der Waals surface area contributed by atoms with Gasteiger partial charge in [0.15, 0.2) is 0 Å². The van der Waals surface area contributed by atoms with Gasteiger partial charge in [0.25, 0.3) is 0 Å². The summed E-state index contributed by atoms with van der Waals surface area (Å²) < 4.78 is 76.8. The molecule has 0 radical (unpaired) electrons. The average Bonchev–Trinajstić information content (AvgIpc) is 2.94. The normalized spacial score (nSPS) is 15.6. The monoisotopic (exact) mass is 339 g/mol. The predicted octanol–water partition coefficient (Wildman–Crippen LogP) is 3.34. The number of anilines is 1. The van der Waals surface area contributed by atoms with Crippen molar-refractivity contribution >= 4 is 17.9 Å². The Bertz CT molecular complexity index is 605. The second kappa shape index (κ2) is 5.74. The maximum Gasteiger partial charge on any atom is 0.416 e. The topological polar surface area (TPSA) is 35.9 Å². The molecule has 1 aromatic carbocycles. The molecule has 1 amide bonds. The fourth-order valence-corrected chi connectivity index (χ4v) is 2.03. The first-order valence-electron chi connectivity index (χ1n) is 6.35. The smallest absolute Gasteiger partial charge is 0.305 e. The Morgan fingerprint density at radius 1 is 1.09 bits per heavy atom. The van der Waals surface area contributed by atoms with Crippen molar-refractivity contribution in [2.45, 2.75) is 18.8 Å². The van der Waals surface area contributed by atoms with Crippen LogP contribution in [0.3, 0.4) is 0 Å². The van der Waals surface area contributed by atoms with Crippen LogP contribution in [0.4, 0.5) is 32.0 Å². The molecule has 0 aromatic heterocycles. The van der Waals surface area contributed by atoms with Crippen molar-refractivity contribution in [1.82, 2.24) is 4.90 Å². The number of rotatable bonds is 2. The fraction of sp³-hybridized carbons (Fsp3) is 0.385. The Morgan fingerprint density at radius 3 is 2.04 bits per heavy atom. The van der Waals surface area contributed by atoms with Crippen LogP contribution in [0.25, 0.3) is 0 Å². The third-order valence-electron chi connectivity index (χ3n) is 3.22. The standard InChI is InChI=1S/C13H11F6N3O/c1-21(7-23)11-2-3-22(20-11)10-5-8(12(14,15)16)4-9(6-10)13(17,18)19/h4-7H,2-3H2,1H3. The molecule has 1 aliphatic heterocycles. The van der Waals surface area contributed by atoms with Gasteiger partial charge in [-0.3, -0.25) is 9.80 Å². The van der Waals surface area contributed by atoms with Gasteiger partial charge in [0.05, 0.1) is 16.8 Å². The van der Waals surface area contributed by atoms with E-state index in [0.717, 1.165) is 9.91 Å². The lowest BCUT2D eigenvalue weighted by atomic mass is 10.1. The molecule has 4 nitrogen and oxygen atoms in total. The summed E-state index contributed by atoms with van der Waals surface area (Å²) in [6.45, 7) is 0.0755. The van der Waals surface area contributed by atoms with Crippen LogP contribution in [0, 0.1) is 0 Å². The minimum atomic E-state index is -4.91. The van der Waals surface area contributed by atoms with Gasteiger partial charge in [-0.25, -0.2) is 0 Å². The van der Waals surface area contributed by atoms with Crippen molar-refractivity contribution in [2.24, 2.45) is 5.10 Å². The van der Waals surface area contributed by atoms with Gasteiger partial charge in [-0.15, -0.1) is 0 Å². The number of hydrogen-bond acceptors (Lipinski definition) is 3. The number of carbonyl (C=O) groups is 1. The van der Waals surface area contributed by atoms with E-state index in [2.05, 4.69) is 5.10 Å². The molecule has 0 aliphatic carbocycles. The summed E-state index contributed by atoms with van der Waals surface area (Å²) in [6.07, 6.45) is -9.15. The van der Waals surface area contributed by atoms with E-state index in [0.29, 0.717) is 18.5 Å². The maximum atomic E-state index is 12.8. The maximum absolute atomic E-state index is 12.8. The van der Waals surface area contributed by atoms with Crippen LogP contribution in [0.2, 0.25) is 0 Å². The van der Waals surface area contributed by atoms with Crippen LogP contribution >= 0.6 is 0 Å². The van der Waals surface area contributed by atoms with Crippen molar-refractivity contribution in [2.75, 3.05) is 18.6 Å². The van der Waals surface area contributed by atoms with Crippen LogP contribution in [-0.4, -0.2) is 30.7 Å². The quantitative estimate of drug-likeness (QED) is 0.612. The van der Waals surface area contributed by atoms with Crippen molar-refractivity contribution in [1.29, 1.82) is 0 Å². The molecule has 2 rings (SSSR count). The van der Waals surface area contributed by atoms with Crippen molar-refractivity contribution in [3.8, 4) is 0 Å². The number of benzene rings is 1. The van der Waals surface area contributed by atoms with Crippen molar-refractivity contribution in [3.63, 3.8) is 0 Å². The summed E-state index contributed by atoms with van der Waals surface area (Å²) >= 11 is 0. The van der Waals surface area contributed by atoms with E-state index in [1.165, 1.54) is 7.05 Å². The molecule has 126 valence electrons. The van der Waals surface area contributed by atoms with Gasteiger partial charge in [0, 0.05) is 20.0 Å². The zero-order chi connectivity index (χ0) is 17.4.